The van der Waals surface area contributed by atoms with Crippen LogP contribution >= 0.6 is 15.9 Å². The van der Waals surface area contributed by atoms with Gasteiger partial charge in [0.2, 0.25) is 5.75 Å². The first-order valence-electron chi connectivity index (χ1n) is 5.84. The van der Waals surface area contributed by atoms with Crippen molar-refractivity contribution in [2.24, 2.45) is 0 Å². The predicted molar refractivity (Wildman–Crippen MR) is 79.0 cm³/mol. The fourth-order valence-corrected chi connectivity index (χ4v) is 2.20. The van der Waals surface area contributed by atoms with Gasteiger partial charge in [-0.2, -0.15) is 0 Å². The molecular weight excluding hydrogens is 342 g/mol. The highest BCUT2D eigenvalue weighted by Crippen LogP contribution is 2.34. The minimum absolute atomic E-state index is 0.0784. The summed E-state index contributed by atoms with van der Waals surface area (Å²) >= 11 is 3.31. The Morgan fingerprint density at radius 2 is 1.95 bits per heavy atom. The zero-order chi connectivity index (χ0) is 15.6. The number of aryl methyl sites for hydroxylation is 1. The zero-order valence-electron chi connectivity index (χ0n) is 10.9. The van der Waals surface area contributed by atoms with Crippen molar-refractivity contribution < 1.29 is 19.6 Å². The second kappa shape index (κ2) is 5.92. The molecule has 0 unspecified atom stereocenters. The van der Waals surface area contributed by atoms with Crippen LogP contribution in [-0.2, 0) is 0 Å². The number of hydrogen-bond donors (Lipinski definition) is 1. The molecule has 2 aromatic rings. The summed E-state index contributed by atoms with van der Waals surface area (Å²) in [5.74, 6) is -0.864. The second-order valence-corrected chi connectivity index (χ2v) is 5.17. The molecule has 0 radical (unpaired) electrons. The van der Waals surface area contributed by atoms with Crippen LogP contribution < -0.4 is 4.74 Å². The molecule has 0 heterocycles. The number of benzene rings is 2. The van der Waals surface area contributed by atoms with Crippen molar-refractivity contribution in [1.29, 1.82) is 0 Å². The van der Waals surface area contributed by atoms with Gasteiger partial charge in [-0.05, 0) is 36.8 Å². The average Bonchev–Trinajstić information content (AvgIpc) is 2.41. The van der Waals surface area contributed by atoms with Crippen molar-refractivity contribution in [3.8, 4) is 11.5 Å². The van der Waals surface area contributed by atoms with Gasteiger partial charge in [0.05, 0.1) is 10.5 Å². The van der Waals surface area contributed by atoms with E-state index in [0.29, 0.717) is 5.75 Å². The molecule has 0 amide bonds. The smallest absolute Gasteiger partial charge is 0.335 e. The van der Waals surface area contributed by atoms with Gasteiger partial charge < -0.3 is 9.84 Å². The third kappa shape index (κ3) is 3.38. The summed E-state index contributed by atoms with van der Waals surface area (Å²) < 4.78 is 6.37. The summed E-state index contributed by atoms with van der Waals surface area (Å²) in [6.07, 6.45) is 0. The molecule has 21 heavy (non-hydrogen) atoms. The lowest BCUT2D eigenvalue weighted by Gasteiger charge is -2.10. The highest BCUT2D eigenvalue weighted by Gasteiger charge is 2.19. The lowest BCUT2D eigenvalue weighted by molar-refractivity contribution is -0.385. The monoisotopic (exact) mass is 351 g/mol. The molecule has 0 aliphatic heterocycles. The topological polar surface area (TPSA) is 89.7 Å². The van der Waals surface area contributed by atoms with E-state index >= 15 is 0 Å². The van der Waals surface area contributed by atoms with E-state index in [0.717, 1.165) is 22.2 Å². The molecule has 0 aliphatic carbocycles. The number of carbonyl (C=O) groups is 1. The maximum absolute atomic E-state index is 11.0. The molecule has 0 aliphatic rings. The van der Waals surface area contributed by atoms with Crippen molar-refractivity contribution >= 4 is 27.6 Å². The Hall–Kier alpha value is -2.41. The van der Waals surface area contributed by atoms with Crippen LogP contribution in [0.25, 0.3) is 0 Å². The number of ether oxygens (including phenoxy) is 1. The number of aromatic carboxylic acids is 1. The van der Waals surface area contributed by atoms with E-state index in [-0.39, 0.29) is 17.0 Å². The van der Waals surface area contributed by atoms with Crippen molar-refractivity contribution in [2.75, 3.05) is 0 Å². The summed E-state index contributed by atoms with van der Waals surface area (Å²) in [7, 11) is 0. The van der Waals surface area contributed by atoms with Crippen molar-refractivity contribution in [2.45, 2.75) is 6.92 Å². The minimum Gasteiger partial charge on any atom is -0.478 e. The van der Waals surface area contributed by atoms with Gasteiger partial charge in [-0.25, -0.2) is 4.79 Å². The molecule has 108 valence electrons. The molecule has 0 atom stereocenters. The summed E-state index contributed by atoms with van der Waals surface area (Å²) in [6.45, 7) is 1.78. The molecule has 1 N–H and O–H groups in total. The standard InChI is InChI=1S/C14H10BrNO5/c1-8-6-10(15)3-5-12(8)21-13-7-9(14(17)18)2-4-11(13)16(19)20/h2-7H,1H3,(H,17,18). The van der Waals surface area contributed by atoms with Crippen molar-refractivity contribution in [1.82, 2.24) is 0 Å². The zero-order valence-corrected chi connectivity index (χ0v) is 12.5. The molecule has 2 aromatic carbocycles. The van der Waals surface area contributed by atoms with E-state index in [9.17, 15) is 14.9 Å². The molecule has 0 spiro atoms. The van der Waals surface area contributed by atoms with Gasteiger partial charge in [0.15, 0.2) is 0 Å². The highest BCUT2D eigenvalue weighted by molar-refractivity contribution is 9.10. The lowest BCUT2D eigenvalue weighted by Crippen LogP contribution is -2.00. The summed E-state index contributed by atoms with van der Waals surface area (Å²) in [5, 5.41) is 20.0. The van der Waals surface area contributed by atoms with Crippen LogP contribution in [0.1, 0.15) is 15.9 Å². The Balaban J connectivity index is 2.48. The predicted octanol–water partition coefficient (Wildman–Crippen LogP) is 4.16. The number of nitro groups is 1. The van der Waals surface area contributed by atoms with E-state index < -0.39 is 10.9 Å². The molecule has 6 nitrogen and oxygen atoms in total. The van der Waals surface area contributed by atoms with E-state index in [4.69, 9.17) is 9.84 Å². The molecule has 0 bridgehead atoms. The molecule has 2 rings (SSSR count). The Morgan fingerprint density at radius 3 is 2.52 bits per heavy atom. The SMILES string of the molecule is Cc1cc(Br)ccc1Oc1cc(C(=O)O)ccc1[N+](=O)[O-]. The summed E-state index contributed by atoms with van der Waals surface area (Å²) in [4.78, 5) is 21.4. The maximum Gasteiger partial charge on any atom is 0.335 e. The molecular formula is C14H10BrNO5. The van der Waals surface area contributed by atoms with Gasteiger partial charge >= 0.3 is 11.7 Å². The van der Waals surface area contributed by atoms with Crippen LogP contribution in [0.5, 0.6) is 11.5 Å². The first kappa shape index (κ1) is 15.0. The summed E-state index contributed by atoms with van der Waals surface area (Å²) in [6, 6.07) is 8.60. The van der Waals surface area contributed by atoms with Crippen LogP contribution in [0.3, 0.4) is 0 Å². The largest absolute Gasteiger partial charge is 0.478 e. The molecule has 0 saturated heterocycles. The number of carboxylic acids is 1. The van der Waals surface area contributed by atoms with Gasteiger partial charge in [0, 0.05) is 16.6 Å². The number of nitrogens with zero attached hydrogens (tertiary/aromatic N) is 1. The van der Waals surface area contributed by atoms with E-state index in [1.807, 2.05) is 0 Å². The van der Waals surface area contributed by atoms with Crippen molar-refractivity contribution in [3.05, 3.63) is 62.1 Å². The van der Waals surface area contributed by atoms with Crippen LogP contribution in [-0.4, -0.2) is 16.0 Å². The fraction of sp³-hybridized carbons (Fsp3) is 0.0714. The van der Waals surface area contributed by atoms with Gasteiger partial charge in [0.25, 0.3) is 0 Å². The Labute approximate surface area is 128 Å². The normalized spacial score (nSPS) is 10.2. The van der Waals surface area contributed by atoms with Gasteiger partial charge in [-0.1, -0.05) is 15.9 Å². The minimum atomic E-state index is -1.18. The first-order chi connectivity index (χ1) is 9.88. The highest BCUT2D eigenvalue weighted by atomic mass is 79.9. The van der Waals surface area contributed by atoms with Crippen LogP contribution in [0.4, 0.5) is 5.69 Å². The molecule has 0 fully saturated rings. The number of nitro benzene ring substituents is 1. The van der Waals surface area contributed by atoms with Crippen LogP contribution in [0.15, 0.2) is 40.9 Å². The van der Waals surface area contributed by atoms with Crippen molar-refractivity contribution in [3.63, 3.8) is 0 Å². The maximum atomic E-state index is 11.0. The van der Waals surface area contributed by atoms with Crippen LogP contribution in [0.2, 0.25) is 0 Å². The number of halogens is 1. The Kier molecular flexibility index (Phi) is 4.23. The number of hydrogen-bond acceptors (Lipinski definition) is 4. The average molecular weight is 352 g/mol. The number of rotatable bonds is 4. The van der Waals surface area contributed by atoms with Gasteiger partial charge in [-0.3, -0.25) is 10.1 Å². The lowest BCUT2D eigenvalue weighted by atomic mass is 10.2. The van der Waals surface area contributed by atoms with Gasteiger partial charge in [0.1, 0.15) is 5.75 Å². The van der Waals surface area contributed by atoms with E-state index in [1.165, 1.54) is 6.07 Å². The van der Waals surface area contributed by atoms with Crippen LogP contribution in [0, 0.1) is 17.0 Å². The Bertz CT molecular complexity index is 729. The first-order valence-corrected chi connectivity index (χ1v) is 6.63. The second-order valence-electron chi connectivity index (χ2n) is 4.26. The molecule has 0 aromatic heterocycles. The van der Waals surface area contributed by atoms with E-state index in [2.05, 4.69) is 15.9 Å². The third-order valence-electron chi connectivity index (χ3n) is 2.76. The summed E-state index contributed by atoms with van der Waals surface area (Å²) in [5.41, 5.74) is 0.395. The molecule has 0 saturated carbocycles. The third-order valence-corrected chi connectivity index (χ3v) is 3.25. The quantitative estimate of drug-likeness (QED) is 0.659. The number of carboxylic acid groups (broad SMARTS) is 1. The van der Waals surface area contributed by atoms with E-state index in [1.54, 1.807) is 25.1 Å². The Morgan fingerprint density at radius 1 is 1.24 bits per heavy atom. The van der Waals surface area contributed by atoms with Gasteiger partial charge in [-0.15, -0.1) is 0 Å². The fourth-order valence-electron chi connectivity index (χ4n) is 1.73. The molecule has 7 heteroatoms.